The Morgan fingerprint density at radius 2 is 1.69 bits per heavy atom. The highest BCUT2D eigenvalue weighted by atomic mass is 16.6. The van der Waals surface area contributed by atoms with Crippen molar-refractivity contribution in [3.63, 3.8) is 0 Å². The number of hydrogen-bond acceptors (Lipinski definition) is 3. The minimum absolute atomic E-state index is 0.101. The molecule has 0 aliphatic carbocycles. The first kappa shape index (κ1) is 18.0. The Morgan fingerprint density at radius 3 is 2.31 bits per heavy atom. The van der Waals surface area contributed by atoms with E-state index in [0.717, 1.165) is 22.5 Å². The second-order valence-electron chi connectivity index (χ2n) is 6.69. The van der Waals surface area contributed by atoms with Gasteiger partial charge in [-0.1, -0.05) is 30.3 Å². The minimum atomic E-state index is -0.321. The zero-order valence-corrected chi connectivity index (χ0v) is 15.3. The van der Waals surface area contributed by atoms with Gasteiger partial charge in [0.15, 0.2) is 0 Å². The molecule has 1 N–H and O–H groups in total. The Morgan fingerprint density at radius 1 is 1.04 bits per heavy atom. The number of aromatic nitrogens is 1. The number of nitrogens with zero attached hydrogens (tertiary/aromatic N) is 2. The molecule has 1 aromatic carbocycles. The number of carbonyl (C=O) groups is 2. The van der Waals surface area contributed by atoms with Gasteiger partial charge in [0.1, 0.15) is 6.61 Å². The van der Waals surface area contributed by atoms with Crippen LogP contribution in [0.4, 0.5) is 4.79 Å². The van der Waals surface area contributed by atoms with E-state index >= 15 is 0 Å². The molecule has 0 saturated carbocycles. The molecule has 138 valence electrons. The molecule has 1 aliphatic rings. The number of piperazine rings is 1. The average Bonchev–Trinajstić information content (AvgIpc) is 2.97. The van der Waals surface area contributed by atoms with Crippen molar-refractivity contribution in [1.29, 1.82) is 0 Å². The van der Waals surface area contributed by atoms with E-state index in [9.17, 15) is 9.59 Å². The molecule has 0 spiro atoms. The van der Waals surface area contributed by atoms with E-state index in [2.05, 4.69) is 4.98 Å². The zero-order valence-electron chi connectivity index (χ0n) is 15.3. The maximum Gasteiger partial charge on any atom is 0.410 e. The van der Waals surface area contributed by atoms with Crippen molar-refractivity contribution >= 4 is 12.0 Å². The van der Waals surface area contributed by atoms with E-state index in [1.165, 1.54) is 0 Å². The summed E-state index contributed by atoms with van der Waals surface area (Å²) in [5.74, 6) is 0.101. The maximum atomic E-state index is 12.5. The molecular formula is C20H25N3O3. The van der Waals surface area contributed by atoms with Crippen LogP contribution in [0, 0.1) is 13.8 Å². The average molecular weight is 355 g/mol. The van der Waals surface area contributed by atoms with Gasteiger partial charge in [-0.2, -0.15) is 0 Å². The topological polar surface area (TPSA) is 65.6 Å². The van der Waals surface area contributed by atoms with Crippen LogP contribution in [0.3, 0.4) is 0 Å². The van der Waals surface area contributed by atoms with E-state index in [4.69, 9.17) is 4.74 Å². The molecule has 2 aromatic rings. The SMILES string of the molecule is Cc1cc(CC(=O)N2CCN(C(=O)OCc3ccccc3)CC2)c(C)[nH]1. The second kappa shape index (κ2) is 8.08. The molecule has 0 atom stereocenters. The Hall–Kier alpha value is -2.76. The second-order valence-corrected chi connectivity index (χ2v) is 6.69. The molecule has 2 heterocycles. The van der Waals surface area contributed by atoms with Crippen molar-refractivity contribution < 1.29 is 14.3 Å². The van der Waals surface area contributed by atoms with Gasteiger partial charge in [0.2, 0.25) is 5.91 Å². The molecule has 6 nitrogen and oxygen atoms in total. The molecule has 26 heavy (non-hydrogen) atoms. The van der Waals surface area contributed by atoms with Gasteiger partial charge in [-0.15, -0.1) is 0 Å². The predicted octanol–water partition coefficient (Wildman–Crippen LogP) is 2.66. The van der Waals surface area contributed by atoms with Crippen molar-refractivity contribution in [3.05, 3.63) is 58.9 Å². The van der Waals surface area contributed by atoms with E-state index in [1.54, 1.807) is 4.90 Å². The van der Waals surface area contributed by atoms with E-state index < -0.39 is 0 Å². The Kier molecular flexibility index (Phi) is 5.61. The highest BCUT2D eigenvalue weighted by Gasteiger charge is 2.25. The lowest BCUT2D eigenvalue weighted by molar-refractivity contribution is -0.132. The third kappa shape index (κ3) is 4.45. The summed E-state index contributed by atoms with van der Waals surface area (Å²) in [5.41, 5.74) is 4.11. The number of hydrogen-bond donors (Lipinski definition) is 1. The fourth-order valence-corrected chi connectivity index (χ4v) is 3.19. The Bertz CT molecular complexity index is 762. The van der Waals surface area contributed by atoms with Crippen LogP contribution in [-0.2, 0) is 22.6 Å². The first-order chi connectivity index (χ1) is 12.5. The number of aryl methyl sites for hydroxylation is 2. The van der Waals surface area contributed by atoms with Gasteiger partial charge in [-0.3, -0.25) is 4.79 Å². The molecule has 3 rings (SSSR count). The summed E-state index contributed by atoms with van der Waals surface area (Å²) in [6.45, 7) is 6.33. The number of ether oxygens (including phenoxy) is 1. The molecule has 2 amide bonds. The summed E-state index contributed by atoms with van der Waals surface area (Å²) in [6.07, 6.45) is 0.0762. The van der Waals surface area contributed by atoms with Gasteiger partial charge in [0.25, 0.3) is 0 Å². The van der Waals surface area contributed by atoms with Crippen LogP contribution in [-0.4, -0.2) is 53.0 Å². The number of amides is 2. The predicted molar refractivity (Wildman–Crippen MR) is 98.8 cm³/mol. The van der Waals surface area contributed by atoms with Gasteiger partial charge in [0, 0.05) is 37.6 Å². The number of aromatic amines is 1. The monoisotopic (exact) mass is 355 g/mol. The number of nitrogens with one attached hydrogen (secondary N) is 1. The third-order valence-corrected chi connectivity index (χ3v) is 4.69. The van der Waals surface area contributed by atoms with Gasteiger partial charge in [-0.05, 0) is 31.0 Å². The van der Waals surface area contributed by atoms with Gasteiger partial charge >= 0.3 is 6.09 Å². The van der Waals surface area contributed by atoms with Crippen molar-refractivity contribution in [2.75, 3.05) is 26.2 Å². The first-order valence-corrected chi connectivity index (χ1v) is 8.91. The fraction of sp³-hybridized carbons (Fsp3) is 0.400. The van der Waals surface area contributed by atoms with Gasteiger partial charge in [0.05, 0.1) is 6.42 Å². The van der Waals surface area contributed by atoms with Crippen LogP contribution in [0.15, 0.2) is 36.4 Å². The summed E-state index contributed by atoms with van der Waals surface area (Å²) in [7, 11) is 0. The van der Waals surface area contributed by atoms with Crippen LogP contribution in [0.5, 0.6) is 0 Å². The lowest BCUT2D eigenvalue weighted by atomic mass is 10.1. The highest BCUT2D eigenvalue weighted by Crippen LogP contribution is 2.13. The third-order valence-electron chi connectivity index (χ3n) is 4.69. The van der Waals surface area contributed by atoms with Crippen molar-refractivity contribution in [2.24, 2.45) is 0 Å². The van der Waals surface area contributed by atoms with Crippen LogP contribution in [0.25, 0.3) is 0 Å². The number of carbonyl (C=O) groups excluding carboxylic acids is 2. The molecular weight excluding hydrogens is 330 g/mol. The highest BCUT2D eigenvalue weighted by molar-refractivity contribution is 5.79. The number of benzene rings is 1. The van der Waals surface area contributed by atoms with Crippen molar-refractivity contribution in [3.8, 4) is 0 Å². The van der Waals surface area contributed by atoms with E-state index in [0.29, 0.717) is 32.6 Å². The summed E-state index contributed by atoms with van der Waals surface area (Å²) >= 11 is 0. The first-order valence-electron chi connectivity index (χ1n) is 8.91. The lowest BCUT2D eigenvalue weighted by Crippen LogP contribution is -2.51. The summed E-state index contributed by atoms with van der Waals surface area (Å²) in [6, 6.07) is 11.6. The normalized spacial score (nSPS) is 14.4. The largest absolute Gasteiger partial charge is 0.445 e. The Balaban J connectivity index is 1.45. The van der Waals surface area contributed by atoms with Crippen LogP contribution >= 0.6 is 0 Å². The van der Waals surface area contributed by atoms with Crippen molar-refractivity contribution in [1.82, 2.24) is 14.8 Å². The summed E-state index contributed by atoms with van der Waals surface area (Å²) in [5, 5.41) is 0. The quantitative estimate of drug-likeness (QED) is 0.917. The molecule has 1 aromatic heterocycles. The smallest absolute Gasteiger partial charge is 0.410 e. The zero-order chi connectivity index (χ0) is 18.5. The van der Waals surface area contributed by atoms with Gasteiger partial charge < -0.3 is 19.5 Å². The molecule has 1 fully saturated rings. The minimum Gasteiger partial charge on any atom is -0.445 e. The van der Waals surface area contributed by atoms with E-state index in [1.807, 2.05) is 55.1 Å². The molecule has 1 saturated heterocycles. The number of rotatable bonds is 4. The fourth-order valence-electron chi connectivity index (χ4n) is 3.19. The van der Waals surface area contributed by atoms with Gasteiger partial charge in [-0.25, -0.2) is 4.79 Å². The molecule has 1 aliphatic heterocycles. The standard InChI is InChI=1S/C20H25N3O3/c1-15-12-18(16(2)21-15)13-19(24)22-8-10-23(11-9-22)20(25)26-14-17-6-4-3-5-7-17/h3-7,12,21H,8-11,13-14H2,1-2H3. The Labute approximate surface area is 153 Å². The van der Waals surface area contributed by atoms with Crippen LogP contribution in [0.2, 0.25) is 0 Å². The molecule has 0 bridgehead atoms. The van der Waals surface area contributed by atoms with Crippen LogP contribution in [0.1, 0.15) is 22.5 Å². The molecule has 0 radical (unpaired) electrons. The van der Waals surface area contributed by atoms with E-state index in [-0.39, 0.29) is 18.6 Å². The van der Waals surface area contributed by atoms with Crippen LogP contribution < -0.4 is 0 Å². The lowest BCUT2D eigenvalue weighted by Gasteiger charge is -2.34. The molecule has 6 heteroatoms. The summed E-state index contributed by atoms with van der Waals surface area (Å²) in [4.78, 5) is 31.4. The summed E-state index contributed by atoms with van der Waals surface area (Å²) < 4.78 is 5.36. The maximum absolute atomic E-state index is 12.5. The van der Waals surface area contributed by atoms with Crippen molar-refractivity contribution in [2.45, 2.75) is 26.9 Å². The number of H-pyrrole nitrogens is 1. The molecule has 0 unspecified atom stereocenters.